The van der Waals surface area contributed by atoms with Crippen molar-refractivity contribution in [3.05, 3.63) is 110 Å². The van der Waals surface area contributed by atoms with Gasteiger partial charge in [-0.3, -0.25) is 52.8 Å². The summed E-state index contributed by atoms with van der Waals surface area (Å²) in [6.45, 7) is 1.04. The van der Waals surface area contributed by atoms with Crippen LogP contribution < -0.4 is 37.5 Å². The van der Waals surface area contributed by atoms with Crippen LogP contribution in [0.3, 0.4) is 0 Å². The van der Waals surface area contributed by atoms with Crippen molar-refractivity contribution < 1.29 is 66.9 Å². The number of ether oxygens (including phenoxy) is 2. The van der Waals surface area contributed by atoms with Gasteiger partial charge in [0, 0.05) is 54.1 Å². The highest BCUT2D eigenvalue weighted by Crippen LogP contribution is 2.46. The molecule has 25 heteroatoms. The lowest BCUT2D eigenvalue weighted by molar-refractivity contribution is -0.172. The number of hydrogen-bond acceptors (Lipinski definition) is 15. The predicted octanol–water partition coefficient (Wildman–Crippen LogP) is -0.854. The van der Waals surface area contributed by atoms with Gasteiger partial charge in [0.2, 0.25) is 41.4 Å². The minimum Gasteiger partial charge on any atom is -0.458 e. The number of amides is 9. The number of aliphatic hydroxyl groups is 1. The Labute approximate surface area is 456 Å². The van der Waals surface area contributed by atoms with Gasteiger partial charge in [-0.05, 0) is 67.3 Å². The van der Waals surface area contributed by atoms with Gasteiger partial charge in [0.15, 0.2) is 5.60 Å². The van der Waals surface area contributed by atoms with Crippen LogP contribution in [0.1, 0.15) is 84.0 Å². The molecule has 2 aromatic carbocycles. The average Bonchev–Trinajstić information content (AvgIpc) is 4.26. The van der Waals surface area contributed by atoms with Gasteiger partial charge in [-0.2, -0.15) is 0 Å². The number of aryl methyl sites for hydroxylation is 1. The molecule has 0 spiro atoms. The Kier molecular flexibility index (Phi) is 16.6. The lowest BCUT2D eigenvalue weighted by atomic mass is 9.81. The third kappa shape index (κ3) is 11.5. The number of carbonyl (C=O) groups is 10. The third-order valence-electron chi connectivity index (χ3n) is 15.1. The number of fused-ring (bicyclic) bond motifs is 5. The van der Waals surface area contributed by atoms with E-state index >= 15 is 4.39 Å². The fourth-order valence-electron chi connectivity index (χ4n) is 10.8. The molecule has 5 aliphatic rings. The van der Waals surface area contributed by atoms with E-state index in [0.717, 1.165) is 17.1 Å². The summed E-state index contributed by atoms with van der Waals surface area (Å²) in [5, 5.41) is 27.5. The molecule has 1 saturated heterocycles. The highest BCUT2D eigenvalue weighted by Gasteiger charge is 2.46. The number of likely N-dealkylation sites (tertiary alicyclic amines) is 1. The van der Waals surface area contributed by atoms with Gasteiger partial charge in [-0.25, -0.2) is 14.2 Å². The monoisotopic (exact) mass is 1100 g/mol. The van der Waals surface area contributed by atoms with Crippen LogP contribution in [0.4, 0.5) is 4.39 Å². The molecule has 0 saturated carbocycles. The molecule has 1 aliphatic carbocycles. The van der Waals surface area contributed by atoms with Gasteiger partial charge in [0.1, 0.15) is 24.5 Å². The predicted molar refractivity (Wildman–Crippen MR) is 279 cm³/mol. The quantitative estimate of drug-likeness (QED) is 0.0267. The fourth-order valence-corrected chi connectivity index (χ4v) is 10.8. The molecule has 4 atom stereocenters. The summed E-state index contributed by atoms with van der Waals surface area (Å²) in [4.78, 5) is 150. The number of nitrogens with one attached hydrogen (secondary N) is 6. The molecule has 4 aromatic rings. The van der Waals surface area contributed by atoms with E-state index in [2.05, 4.69) is 31.9 Å². The first-order valence-electron chi connectivity index (χ1n) is 26.3. The number of pyridine rings is 2. The summed E-state index contributed by atoms with van der Waals surface area (Å²) in [5.74, 6) is -6.77. The van der Waals surface area contributed by atoms with E-state index in [-0.39, 0.29) is 69.8 Å². The van der Waals surface area contributed by atoms with Crippen molar-refractivity contribution in [3.8, 4) is 11.4 Å². The maximum atomic E-state index is 15.5. The van der Waals surface area contributed by atoms with Crippen LogP contribution in [0.5, 0.6) is 0 Å². The second-order valence-electron chi connectivity index (χ2n) is 20.0. The van der Waals surface area contributed by atoms with Gasteiger partial charge in [-0.15, -0.1) is 0 Å². The Morgan fingerprint density at radius 2 is 1.56 bits per heavy atom. The van der Waals surface area contributed by atoms with Crippen LogP contribution in [-0.2, 0) is 89.0 Å². The summed E-state index contributed by atoms with van der Waals surface area (Å²) in [6.07, 6.45) is 3.64. The van der Waals surface area contributed by atoms with Gasteiger partial charge in [-0.1, -0.05) is 37.3 Å². The van der Waals surface area contributed by atoms with Crippen molar-refractivity contribution >= 4 is 70.0 Å². The number of halogens is 1. The zero-order valence-electron chi connectivity index (χ0n) is 43.9. The molecule has 24 nitrogen and oxygen atoms in total. The van der Waals surface area contributed by atoms with Crippen molar-refractivity contribution in [1.82, 2.24) is 51.3 Å². The van der Waals surface area contributed by atoms with Crippen LogP contribution in [-0.4, -0.2) is 148 Å². The fraction of sp³-hybridized carbons (Fsp3) is 0.418. The summed E-state index contributed by atoms with van der Waals surface area (Å²) in [6, 6.07) is 8.76. The summed E-state index contributed by atoms with van der Waals surface area (Å²) >= 11 is 0. The normalized spacial score (nSPS) is 18.9. The van der Waals surface area contributed by atoms with Crippen molar-refractivity contribution in [1.29, 1.82) is 0 Å². The Bertz CT molecular complexity index is 3330. The first-order chi connectivity index (χ1) is 38.4. The first-order valence-corrected chi connectivity index (χ1v) is 26.3. The number of esters is 1. The molecular weight excluding hydrogens is 1040 g/mol. The van der Waals surface area contributed by atoms with Crippen LogP contribution in [0.25, 0.3) is 22.3 Å². The number of hydrogen-bond donors (Lipinski definition) is 7. The molecule has 9 rings (SSSR count). The van der Waals surface area contributed by atoms with Crippen molar-refractivity contribution in [3.63, 3.8) is 0 Å². The van der Waals surface area contributed by atoms with Gasteiger partial charge in [0.25, 0.3) is 17.4 Å². The van der Waals surface area contributed by atoms with E-state index in [0.29, 0.717) is 75.8 Å². The Morgan fingerprint density at radius 3 is 2.30 bits per heavy atom. The van der Waals surface area contributed by atoms with E-state index in [4.69, 9.17) is 14.5 Å². The van der Waals surface area contributed by atoms with E-state index in [1.165, 1.54) is 15.5 Å². The topological polar surface area (TPSA) is 323 Å². The third-order valence-corrected chi connectivity index (χ3v) is 15.1. The summed E-state index contributed by atoms with van der Waals surface area (Å²) in [5.41, 5.74) is 1.72. The molecule has 2 aromatic heterocycles. The largest absolute Gasteiger partial charge is 0.458 e. The molecule has 9 amide bonds. The molecule has 1 fully saturated rings. The lowest BCUT2D eigenvalue weighted by Crippen LogP contribution is -2.53. The second kappa shape index (κ2) is 23.7. The zero-order chi connectivity index (χ0) is 57.0. The second-order valence-corrected chi connectivity index (χ2v) is 20.0. The number of nitrogens with zero attached hydrogens (tertiary/aromatic N) is 4. The van der Waals surface area contributed by atoms with Gasteiger partial charge >= 0.3 is 5.97 Å². The smallest absolute Gasteiger partial charge is 0.343 e. The molecule has 6 heterocycles. The molecule has 420 valence electrons. The van der Waals surface area contributed by atoms with Gasteiger partial charge < -0.3 is 55.9 Å². The Balaban J connectivity index is 0.775. The maximum absolute atomic E-state index is 15.5. The minimum atomic E-state index is -2.07. The summed E-state index contributed by atoms with van der Waals surface area (Å²) < 4.78 is 27.5. The average molecular weight is 1100 g/mol. The lowest BCUT2D eigenvalue weighted by Gasteiger charge is -2.32. The number of imide groups is 1. The molecule has 7 N–H and O–H groups in total. The molecule has 80 heavy (non-hydrogen) atoms. The standard InChI is InChI=1S/C55H59FN10O14/c1-3-55(78)34-21-40-50-32(27-66(40)53(76)33(34)28-80-54(55)77)49-36(12-11-31-29(2)35(56)22-37(62-50)48(31)49)63-52(75)39-10-7-16-64(39)47(73)26-59-43(69)24-60-51(74)38(20-30-8-5-4-6-9-30)61-44(70)25-58-42(68)23-57-41(67)15-18-79-19-17-65-45(71)13-14-46(65)72/h4-6,8-9,13-14,21-22,36,38-39,78H,3,7,10-12,15-20,23-28H2,1-2H3,(H,57,67)(H,58,68)(H,59,69)(H,60,74)(H,61,70)(H,63,75)/t36-,38-,39+,55-/m0/s1. The maximum Gasteiger partial charge on any atom is 0.343 e. The van der Waals surface area contributed by atoms with Crippen molar-refractivity contribution in [2.75, 3.05) is 52.5 Å². The zero-order valence-corrected chi connectivity index (χ0v) is 43.9. The minimum absolute atomic E-state index is 0.00321. The highest BCUT2D eigenvalue weighted by molar-refractivity contribution is 6.13. The van der Waals surface area contributed by atoms with Gasteiger partial charge in [0.05, 0.1) is 81.0 Å². The number of aromatic nitrogens is 2. The molecule has 0 radical (unpaired) electrons. The van der Waals surface area contributed by atoms with Crippen molar-refractivity contribution in [2.24, 2.45) is 0 Å². The Hall–Kier alpha value is -8.71. The molecule has 0 unspecified atom stereocenters. The molecule has 0 bridgehead atoms. The van der Waals surface area contributed by atoms with Crippen molar-refractivity contribution in [2.45, 2.75) is 95.7 Å². The number of carbonyl (C=O) groups excluding carboxylic acids is 10. The van der Waals surface area contributed by atoms with Crippen LogP contribution in [0.2, 0.25) is 0 Å². The summed E-state index contributed by atoms with van der Waals surface area (Å²) in [7, 11) is 0. The molecule has 4 aliphatic heterocycles. The van der Waals surface area contributed by atoms with E-state index in [9.17, 15) is 57.8 Å². The number of benzene rings is 2. The first kappa shape index (κ1) is 56.0. The Morgan fingerprint density at radius 1 is 0.863 bits per heavy atom. The SMILES string of the molecule is CC[C@@]1(O)C(=O)OCc2c1cc1n(c2=O)Cc2c-1nc1cc(F)c(C)c3c1c2[C@@H](NC(=O)[C@H]1CCCN1C(=O)CNC(=O)CNC(=O)[C@H](Cc1ccccc1)NC(=O)CNC(=O)CNC(=O)CCOCCN1C(=O)C=CC1=O)CC3. The van der Waals surface area contributed by atoms with E-state index in [1.54, 1.807) is 50.2 Å². The molecular formula is C55H59FN10O14. The number of rotatable bonds is 21. The van der Waals surface area contributed by atoms with E-state index in [1.807, 2.05) is 0 Å². The van der Waals surface area contributed by atoms with Crippen LogP contribution >= 0.6 is 0 Å². The number of cyclic esters (lactones) is 1. The van der Waals surface area contributed by atoms with Crippen LogP contribution in [0, 0.1) is 12.7 Å². The van der Waals surface area contributed by atoms with E-state index < -0.39 is 120 Å². The van der Waals surface area contributed by atoms with Crippen LogP contribution in [0.15, 0.2) is 59.4 Å². The highest BCUT2D eigenvalue weighted by atomic mass is 19.1.